The van der Waals surface area contributed by atoms with Crippen molar-refractivity contribution in [1.29, 1.82) is 0 Å². The standard InChI is InChI=1S/C25H25N3/c1-20-21(11-8-12-25(20)22-9-4-2-5-10-22)13-14-23-15-16-24(27-26-23)19-28-17-6-3-7-18-28/h2,4-5,8-12,15-16H,3,6-7,17-19H2,1H3. The number of piperidine rings is 1. The van der Waals surface area contributed by atoms with Gasteiger partial charge in [-0.25, -0.2) is 0 Å². The normalized spacial score (nSPS) is 14.3. The smallest absolute Gasteiger partial charge is 0.136 e. The maximum atomic E-state index is 4.38. The van der Waals surface area contributed by atoms with E-state index in [9.17, 15) is 0 Å². The van der Waals surface area contributed by atoms with Crippen LogP contribution in [0, 0.1) is 18.8 Å². The van der Waals surface area contributed by atoms with E-state index in [-0.39, 0.29) is 0 Å². The van der Waals surface area contributed by atoms with Crippen LogP contribution in [0.4, 0.5) is 0 Å². The zero-order valence-corrected chi connectivity index (χ0v) is 16.4. The van der Waals surface area contributed by atoms with E-state index >= 15 is 0 Å². The first-order valence-corrected chi connectivity index (χ1v) is 10.0. The summed E-state index contributed by atoms with van der Waals surface area (Å²) < 4.78 is 0. The van der Waals surface area contributed by atoms with Gasteiger partial charge in [0.1, 0.15) is 5.69 Å². The molecular weight excluding hydrogens is 342 g/mol. The van der Waals surface area contributed by atoms with E-state index in [0.717, 1.165) is 17.8 Å². The maximum absolute atomic E-state index is 4.38. The summed E-state index contributed by atoms with van der Waals surface area (Å²) >= 11 is 0. The van der Waals surface area contributed by atoms with Gasteiger partial charge in [0.2, 0.25) is 0 Å². The molecule has 1 fully saturated rings. The van der Waals surface area contributed by atoms with E-state index in [1.165, 1.54) is 49.0 Å². The molecule has 3 nitrogen and oxygen atoms in total. The number of nitrogens with zero attached hydrogens (tertiary/aromatic N) is 3. The first kappa shape index (κ1) is 18.4. The van der Waals surface area contributed by atoms with Gasteiger partial charge in [-0.3, -0.25) is 4.90 Å². The highest BCUT2D eigenvalue weighted by atomic mass is 15.2. The maximum Gasteiger partial charge on any atom is 0.136 e. The second-order valence-corrected chi connectivity index (χ2v) is 7.34. The van der Waals surface area contributed by atoms with E-state index in [1.807, 2.05) is 12.1 Å². The fraction of sp³-hybridized carbons (Fsp3) is 0.280. The van der Waals surface area contributed by atoms with Gasteiger partial charge in [0, 0.05) is 12.1 Å². The fourth-order valence-corrected chi connectivity index (χ4v) is 3.69. The van der Waals surface area contributed by atoms with Crippen molar-refractivity contribution in [3.05, 3.63) is 83.2 Å². The summed E-state index contributed by atoms with van der Waals surface area (Å²) in [5.74, 6) is 6.45. The lowest BCUT2D eigenvalue weighted by Gasteiger charge is -2.25. The molecule has 0 radical (unpaired) electrons. The minimum absolute atomic E-state index is 0.715. The van der Waals surface area contributed by atoms with E-state index in [4.69, 9.17) is 0 Å². The zero-order chi connectivity index (χ0) is 19.2. The average Bonchev–Trinajstić information content (AvgIpc) is 2.75. The summed E-state index contributed by atoms with van der Waals surface area (Å²) in [5.41, 5.74) is 6.39. The molecule has 3 heteroatoms. The van der Waals surface area contributed by atoms with Crippen LogP contribution in [0.1, 0.15) is 41.8 Å². The molecule has 140 valence electrons. The van der Waals surface area contributed by atoms with Crippen molar-refractivity contribution in [1.82, 2.24) is 15.1 Å². The Hall–Kier alpha value is -2.96. The third-order valence-electron chi connectivity index (χ3n) is 5.30. The predicted octanol–water partition coefficient (Wildman–Crippen LogP) is 4.84. The Morgan fingerprint density at radius 3 is 2.39 bits per heavy atom. The number of hydrogen-bond acceptors (Lipinski definition) is 3. The number of rotatable bonds is 3. The lowest BCUT2D eigenvalue weighted by molar-refractivity contribution is 0.218. The Kier molecular flexibility index (Phi) is 5.80. The number of likely N-dealkylation sites (tertiary alicyclic amines) is 1. The SMILES string of the molecule is Cc1c(C#Cc2ccc(CN3CCCCC3)nn2)cccc1-c1ccccc1. The van der Waals surface area contributed by atoms with Gasteiger partial charge in [0.25, 0.3) is 0 Å². The third kappa shape index (κ3) is 4.47. The Bertz CT molecular complexity index is 976. The van der Waals surface area contributed by atoms with Crippen LogP contribution in [0.15, 0.2) is 60.7 Å². The lowest BCUT2D eigenvalue weighted by atomic mass is 9.97. The molecule has 1 saturated heterocycles. The van der Waals surface area contributed by atoms with E-state index < -0.39 is 0 Å². The van der Waals surface area contributed by atoms with Crippen molar-refractivity contribution < 1.29 is 0 Å². The van der Waals surface area contributed by atoms with Gasteiger partial charge in [-0.1, -0.05) is 54.8 Å². The molecule has 0 saturated carbocycles. The van der Waals surface area contributed by atoms with Crippen molar-refractivity contribution in [2.24, 2.45) is 0 Å². The van der Waals surface area contributed by atoms with Crippen molar-refractivity contribution in [3.8, 4) is 23.0 Å². The summed E-state index contributed by atoms with van der Waals surface area (Å²) in [7, 11) is 0. The molecule has 1 aliphatic rings. The first-order valence-electron chi connectivity index (χ1n) is 10.0. The molecule has 2 aromatic carbocycles. The second-order valence-electron chi connectivity index (χ2n) is 7.34. The number of benzene rings is 2. The topological polar surface area (TPSA) is 29.0 Å². The summed E-state index contributed by atoms with van der Waals surface area (Å²) in [6.07, 6.45) is 3.93. The third-order valence-corrected chi connectivity index (χ3v) is 5.30. The lowest BCUT2D eigenvalue weighted by Crippen LogP contribution is -2.29. The number of aromatic nitrogens is 2. The van der Waals surface area contributed by atoms with Gasteiger partial charge in [0.15, 0.2) is 0 Å². The van der Waals surface area contributed by atoms with E-state index in [2.05, 4.69) is 82.4 Å². The molecule has 0 unspecified atom stereocenters. The second kappa shape index (κ2) is 8.82. The van der Waals surface area contributed by atoms with Gasteiger partial charge >= 0.3 is 0 Å². The van der Waals surface area contributed by atoms with Crippen LogP contribution < -0.4 is 0 Å². The Labute approximate surface area is 167 Å². The molecule has 2 heterocycles. The number of hydrogen-bond donors (Lipinski definition) is 0. The molecule has 1 aliphatic heterocycles. The molecule has 0 atom stereocenters. The quantitative estimate of drug-likeness (QED) is 0.621. The molecule has 1 aromatic heterocycles. The van der Waals surface area contributed by atoms with E-state index in [1.54, 1.807) is 0 Å². The molecule has 3 aromatic rings. The van der Waals surface area contributed by atoms with Gasteiger partial charge in [-0.2, -0.15) is 5.10 Å². The van der Waals surface area contributed by atoms with Crippen LogP contribution >= 0.6 is 0 Å². The Morgan fingerprint density at radius 1 is 0.821 bits per heavy atom. The van der Waals surface area contributed by atoms with Crippen LogP contribution in [-0.4, -0.2) is 28.2 Å². The molecule has 0 N–H and O–H groups in total. The molecule has 0 spiro atoms. The van der Waals surface area contributed by atoms with Gasteiger partial charge in [-0.15, -0.1) is 5.10 Å². The summed E-state index contributed by atoms with van der Waals surface area (Å²) in [6.45, 7) is 5.35. The minimum Gasteiger partial charge on any atom is -0.297 e. The van der Waals surface area contributed by atoms with Crippen molar-refractivity contribution >= 4 is 0 Å². The van der Waals surface area contributed by atoms with Crippen LogP contribution in [-0.2, 0) is 6.54 Å². The predicted molar refractivity (Wildman–Crippen MR) is 114 cm³/mol. The highest BCUT2D eigenvalue weighted by Gasteiger charge is 2.11. The zero-order valence-electron chi connectivity index (χ0n) is 16.4. The van der Waals surface area contributed by atoms with Crippen molar-refractivity contribution in [2.75, 3.05) is 13.1 Å². The molecule has 0 amide bonds. The van der Waals surface area contributed by atoms with Crippen molar-refractivity contribution in [3.63, 3.8) is 0 Å². The summed E-state index contributed by atoms with van der Waals surface area (Å²) in [5, 5.41) is 8.70. The van der Waals surface area contributed by atoms with Crippen molar-refractivity contribution in [2.45, 2.75) is 32.7 Å². The molecular formula is C25H25N3. The Balaban J connectivity index is 1.50. The molecule has 0 aliphatic carbocycles. The van der Waals surface area contributed by atoms with Crippen LogP contribution in [0.2, 0.25) is 0 Å². The van der Waals surface area contributed by atoms with Gasteiger partial charge in [0.05, 0.1) is 5.69 Å². The molecule has 28 heavy (non-hydrogen) atoms. The summed E-state index contributed by atoms with van der Waals surface area (Å²) in [6, 6.07) is 20.7. The largest absolute Gasteiger partial charge is 0.297 e. The molecule has 0 bridgehead atoms. The monoisotopic (exact) mass is 367 g/mol. The van der Waals surface area contributed by atoms with Gasteiger partial charge < -0.3 is 0 Å². The van der Waals surface area contributed by atoms with Crippen LogP contribution in [0.3, 0.4) is 0 Å². The van der Waals surface area contributed by atoms with Crippen LogP contribution in [0.25, 0.3) is 11.1 Å². The minimum atomic E-state index is 0.715. The first-order chi connectivity index (χ1) is 13.8. The van der Waals surface area contributed by atoms with E-state index in [0.29, 0.717) is 5.69 Å². The molecule has 4 rings (SSSR count). The highest BCUT2D eigenvalue weighted by molar-refractivity contribution is 5.70. The van der Waals surface area contributed by atoms with Crippen LogP contribution in [0.5, 0.6) is 0 Å². The van der Waals surface area contributed by atoms with Gasteiger partial charge in [-0.05, 0) is 73.7 Å². The fourth-order valence-electron chi connectivity index (χ4n) is 3.69. The highest BCUT2D eigenvalue weighted by Crippen LogP contribution is 2.25. The Morgan fingerprint density at radius 2 is 1.64 bits per heavy atom. The average molecular weight is 367 g/mol. The summed E-state index contributed by atoms with van der Waals surface area (Å²) in [4.78, 5) is 2.46.